The average molecular weight is 553 g/mol. The number of halogens is 1. The van der Waals surface area contributed by atoms with Gasteiger partial charge in [-0.05, 0) is 74.4 Å². The van der Waals surface area contributed by atoms with E-state index in [-0.39, 0.29) is 12.5 Å². The van der Waals surface area contributed by atoms with Gasteiger partial charge < -0.3 is 24.8 Å². The molecule has 0 aromatic heterocycles. The molecule has 0 fully saturated rings. The maximum atomic E-state index is 12.4. The van der Waals surface area contributed by atoms with Gasteiger partial charge in [0, 0.05) is 10.7 Å². The molecule has 39 heavy (non-hydrogen) atoms. The number of nitrogens with one attached hydrogen (secondary N) is 3. The number of nitrogens with zero attached hydrogens (tertiary/aromatic N) is 1. The van der Waals surface area contributed by atoms with Crippen molar-refractivity contribution >= 4 is 46.9 Å². The zero-order valence-corrected chi connectivity index (χ0v) is 22.5. The van der Waals surface area contributed by atoms with Crippen molar-refractivity contribution in [2.75, 3.05) is 30.5 Å². The van der Waals surface area contributed by atoms with Gasteiger partial charge in [0.1, 0.15) is 5.75 Å². The Morgan fingerprint density at radius 1 is 0.821 bits per heavy atom. The summed E-state index contributed by atoms with van der Waals surface area (Å²) in [7, 11) is 0. The van der Waals surface area contributed by atoms with E-state index in [0.717, 1.165) is 5.56 Å². The predicted molar refractivity (Wildman–Crippen MR) is 150 cm³/mol. The van der Waals surface area contributed by atoms with Crippen LogP contribution in [-0.4, -0.2) is 43.8 Å². The zero-order valence-electron chi connectivity index (χ0n) is 21.7. The molecule has 0 saturated heterocycles. The van der Waals surface area contributed by atoms with Crippen molar-refractivity contribution in [3.05, 3.63) is 76.8 Å². The molecule has 0 radical (unpaired) electrons. The molecule has 3 amide bonds. The third-order valence-electron chi connectivity index (χ3n) is 5.19. The summed E-state index contributed by atoms with van der Waals surface area (Å²) in [5.41, 5.74) is 4.47. The minimum Gasteiger partial charge on any atom is -0.492 e. The van der Waals surface area contributed by atoms with E-state index in [2.05, 4.69) is 21.2 Å². The molecule has 0 aliphatic heterocycles. The lowest BCUT2D eigenvalue weighted by Crippen LogP contribution is -2.32. The molecule has 0 unspecified atom stereocenters. The van der Waals surface area contributed by atoms with Crippen molar-refractivity contribution in [2.45, 2.75) is 20.8 Å². The number of carbonyl (C=O) groups is 3. The van der Waals surface area contributed by atoms with Crippen molar-refractivity contribution in [3.63, 3.8) is 0 Å². The molecule has 11 heteroatoms. The Hall–Kier alpha value is -4.57. The van der Waals surface area contributed by atoms with Gasteiger partial charge in [-0.3, -0.25) is 14.4 Å². The minimum absolute atomic E-state index is 0.253. The van der Waals surface area contributed by atoms with Gasteiger partial charge in [-0.15, -0.1) is 0 Å². The van der Waals surface area contributed by atoms with Crippen molar-refractivity contribution in [1.29, 1.82) is 0 Å². The number of anilines is 2. The molecular formula is C28H29ClN4O6. The molecule has 0 spiro atoms. The quantitative estimate of drug-likeness (QED) is 0.182. The molecule has 0 heterocycles. The van der Waals surface area contributed by atoms with E-state index >= 15 is 0 Å². The number of ether oxygens (including phenoxy) is 3. The van der Waals surface area contributed by atoms with E-state index < -0.39 is 11.8 Å². The van der Waals surface area contributed by atoms with Crippen LogP contribution in [0.1, 0.15) is 25.0 Å². The van der Waals surface area contributed by atoms with Gasteiger partial charge in [0.2, 0.25) is 0 Å². The van der Waals surface area contributed by atoms with E-state index in [4.69, 9.17) is 25.8 Å². The maximum absolute atomic E-state index is 12.4. The molecule has 10 nitrogen and oxygen atoms in total. The van der Waals surface area contributed by atoms with Gasteiger partial charge in [-0.1, -0.05) is 29.8 Å². The number of benzene rings is 3. The summed E-state index contributed by atoms with van der Waals surface area (Å²) in [6, 6.07) is 16.9. The van der Waals surface area contributed by atoms with Gasteiger partial charge in [0.25, 0.3) is 5.91 Å². The van der Waals surface area contributed by atoms with Crippen LogP contribution < -0.4 is 30.3 Å². The highest BCUT2D eigenvalue weighted by Gasteiger charge is 2.15. The van der Waals surface area contributed by atoms with Crippen LogP contribution in [0.2, 0.25) is 5.02 Å². The van der Waals surface area contributed by atoms with E-state index in [1.165, 1.54) is 6.21 Å². The number of carbonyl (C=O) groups excluding carboxylic acids is 3. The van der Waals surface area contributed by atoms with E-state index in [0.29, 0.717) is 52.4 Å². The first-order valence-corrected chi connectivity index (χ1v) is 12.5. The van der Waals surface area contributed by atoms with Gasteiger partial charge in [-0.2, -0.15) is 5.10 Å². The monoisotopic (exact) mass is 552 g/mol. The molecule has 0 aliphatic carbocycles. The summed E-state index contributed by atoms with van der Waals surface area (Å²) >= 11 is 6.10. The fraction of sp³-hybridized carbons (Fsp3) is 0.214. The fourth-order valence-corrected chi connectivity index (χ4v) is 3.49. The van der Waals surface area contributed by atoms with Crippen LogP contribution in [0.3, 0.4) is 0 Å². The lowest BCUT2D eigenvalue weighted by Gasteiger charge is -2.13. The normalized spacial score (nSPS) is 10.6. The van der Waals surface area contributed by atoms with Crippen LogP contribution in [0.5, 0.6) is 17.2 Å². The summed E-state index contributed by atoms with van der Waals surface area (Å²) in [6.45, 7) is 5.94. The third kappa shape index (κ3) is 8.47. The lowest BCUT2D eigenvalue weighted by molar-refractivity contribution is -0.136. The van der Waals surface area contributed by atoms with Crippen LogP contribution in [0.25, 0.3) is 0 Å². The highest BCUT2D eigenvalue weighted by atomic mass is 35.5. The molecule has 3 aromatic carbocycles. The summed E-state index contributed by atoms with van der Waals surface area (Å²) in [5, 5.41) is 9.65. The summed E-state index contributed by atoms with van der Waals surface area (Å²) < 4.78 is 16.7. The van der Waals surface area contributed by atoms with Gasteiger partial charge in [0.05, 0.1) is 25.1 Å². The highest BCUT2D eigenvalue weighted by Crippen LogP contribution is 2.28. The summed E-state index contributed by atoms with van der Waals surface area (Å²) in [5.74, 6) is -1.04. The minimum atomic E-state index is -0.955. The Balaban J connectivity index is 1.58. The fourth-order valence-electron chi connectivity index (χ4n) is 3.31. The standard InChI is InChI=1S/C28H29ClN4O6/c1-4-37-23-12-7-6-10-22(23)32-27(35)28(36)33-30-16-19-13-14-24(25(15-19)38-5-2)39-17-26(34)31-21-11-8-9-20(29)18(21)3/h6-16H,4-5,17H2,1-3H3,(H,31,34)(H,32,35)(H,33,36)/b30-16-. The Morgan fingerprint density at radius 2 is 1.54 bits per heavy atom. The number of para-hydroxylation sites is 2. The lowest BCUT2D eigenvalue weighted by atomic mass is 10.2. The van der Waals surface area contributed by atoms with E-state index in [9.17, 15) is 14.4 Å². The molecule has 3 aromatic rings. The topological polar surface area (TPSA) is 127 Å². The summed E-state index contributed by atoms with van der Waals surface area (Å²) in [4.78, 5) is 36.8. The molecule has 0 atom stereocenters. The first-order chi connectivity index (χ1) is 18.8. The second kappa shape index (κ2) is 14.4. The zero-order chi connectivity index (χ0) is 28.2. The van der Waals surface area contributed by atoms with E-state index in [1.54, 1.807) is 60.7 Å². The average Bonchev–Trinajstić information content (AvgIpc) is 2.92. The molecule has 0 saturated carbocycles. The first kappa shape index (κ1) is 29.0. The smallest absolute Gasteiger partial charge is 0.329 e. The number of rotatable bonds is 11. The first-order valence-electron chi connectivity index (χ1n) is 12.1. The van der Waals surface area contributed by atoms with Gasteiger partial charge in [0.15, 0.2) is 18.1 Å². The van der Waals surface area contributed by atoms with Crippen LogP contribution in [-0.2, 0) is 14.4 Å². The van der Waals surface area contributed by atoms with E-state index in [1.807, 2.05) is 20.8 Å². The second-order valence-corrected chi connectivity index (χ2v) is 8.38. The van der Waals surface area contributed by atoms with Crippen LogP contribution in [0.4, 0.5) is 11.4 Å². The SMILES string of the molecule is CCOc1ccccc1NC(=O)C(=O)N/N=C\c1ccc(OCC(=O)Nc2cccc(Cl)c2C)c(OCC)c1. The molecular weight excluding hydrogens is 524 g/mol. The molecule has 204 valence electrons. The van der Waals surface area contributed by atoms with Crippen LogP contribution in [0, 0.1) is 6.92 Å². The molecule has 3 rings (SSSR count). The Morgan fingerprint density at radius 3 is 2.31 bits per heavy atom. The van der Waals surface area contributed by atoms with Crippen molar-refractivity contribution in [1.82, 2.24) is 5.43 Å². The van der Waals surface area contributed by atoms with Crippen molar-refractivity contribution < 1.29 is 28.6 Å². The highest BCUT2D eigenvalue weighted by molar-refractivity contribution is 6.39. The molecule has 0 aliphatic rings. The number of hydrogen-bond acceptors (Lipinski definition) is 7. The van der Waals surface area contributed by atoms with Gasteiger partial charge >= 0.3 is 11.8 Å². The molecule has 3 N–H and O–H groups in total. The number of amides is 3. The van der Waals surface area contributed by atoms with Crippen LogP contribution >= 0.6 is 11.6 Å². The Kier molecular flexibility index (Phi) is 10.7. The van der Waals surface area contributed by atoms with Gasteiger partial charge in [-0.25, -0.2) is 5.43 Å². The third-order valence-corrected chi connectivity index (χ3v) is 5.60. The largest absolute Gasteiger partial charge is 0.492 e. The maximum Gasteiger partial charge on any atom is 0.329 e. The Labute approximate surface area is 231 Å². The number of hydrogen-bond donors (Lipinski definition) is 3. The molecule has 0 bridgehead atoms. The van der Waals surface area contributed by atoms with Crippen molar-refractivity contribution in [2.24, 2.45) is 5.10 Å². The van der Waals surface area contributed by atoms with Crippen molar-refractivity contribution in [3.8, 4) is 17.2 Å². The number of hydrazone groups is 1. The van der Waals surface area contributed by atoms with Crippen LogP contribution in [0.15, 0.2) is 65.8 Å². The summed E-state index contributed by atoms with van der Waals surface area (Å²) in [6.07, 6.45) is 1.35. The second-order valence-electron chi connectivity index (χ2n) is 7.97. The predicted octanol–water partition coefficient (Wildman–Crippen LogP) is 4.55. The Bertz CT molecular complexity index is 1360.